The van der Waals surface area contributed by atoms with Crippen LogP contribution in [0.15, 0.2) is 42.5 Å². The number of rotatable bonds is 14. The Morgan fingerprint density at radius 3 is 2.32 bits per heavy atom. The molecule has 2 aromatic carbocycles. The minimum Gasteiger partial charge on any atom is -0.354 e. The fourth-order valence-electron chi connectivity index (χ4n) is 4.09. The van der Waals surface area contributed by atoms with E-state index in [1.54, 1.807) is 35.2 Å². The molecular formula is C27H37Cl2N3O4S. The lowest BCUT2D eigenvalue weighted by Gasteiger charge is -2.31. The molecule has 1 N–H and O–H groups in total. The third kappa shape index (κ3) is 9.20. The molecule has 0 aliphatic carbocycles. The van der Waals surface area contributed by atoms with E-state index < -0.39 is 16.1 Å². The number of carbonyl (C=O) groups is 2. The van der Waals surface area contributed by atoms with Crippen molar-refractivity contribution in [2.24, 2.45) is 0 Å². The molecule has 0 saturated heterocycles. The number of aryl methyl sites for hydroxylation is 1. The van der Waals surface area contributed by atoms with E-state index in [2.05, 4.69) is 5.32 Å². The van der Waals surface area contributed by atoms with Gasteiger partial charge in [-0.2, -0.15) is 0 Å². The molecule has 0 fully saturated rings. The molecule has 0 unspecified atom stereocenters. The molecule has 7 nitrogen and oxygen atoms in total. The zero-order valence-corrected chi connectivity index (χ0v) is 24.3. The summed E-state index contributed by atoms with van der Waals surface area (Å²) < 4.78 is 26.4. The zero-order valence-electron chi connectivity index (χ0n) is 22.0. The van der Waals surface area contributed by atoms with Crippen molar-refractivity contribution in [3.05, 3.63) is 63.6 Å². The predicted octanol–water partition coefficient (Wildman–Crippen LogP) is 5.57. The fraction of sp³-hybridized carbons (Fsp3) is 0.481. The SMILES string of the molecule is CCCCNC(=O)[C@H](CC)N(Cc1ccc(Cl)c(Cl)c1)C(=O)CCCN(c1ccccc1C)S(C)(=O)=O. The number of hydrogen-bond donors (Lipinski definition) is 1. The van der Waals surface area contributed by atoms with Crippen molar-refractivity contribution in [1.82, 2.24) is 10.2 Å². The van der Waals surface area contributed by atoms with Gasteiger partial charge in [0, 0.05) is 26.1 Å². The number of anilines is 1. The third-order valence-electron chi connectivity index (χ3n) is 6.09. The Balaban J connectivity index is 2.23. The molecule has 0 aliphatic rings. The molecule has 0 bridgehead atoms. The standard InChI is InChI=1S/C27H37Cl2N3O4S/c1-5-7-16-30-27(34)24(6-2)31(19-21-14-15-22(28)23(29)18-21)26(33)13-10-17-32(37(4,35)36)25-12-9-8-11-20(25)3/h8-9,11-12,14-15,18,24H,5-7,10,13,16-17,19H2,1-4H3,(H,30,34)/t24-/m0/s1. The van der Waals surface area contributed by atoms with Crippen LogP contribution in [0.25, 0.3) is 0 Å². The van der Waals surface area contributed by atoms with Gasteiger partial charge in [-0.3, -0.25) is 13.9 Å². The number of hydrogen-bond acceptors (Lipinski definition) is 4. The van der Waals surface area contributed by atoms with Crippen molar-refractivity contribution in [3.8, 4) is 0 Å². The first-order chi connectivity index (χ1) is 17.5. The van der Waals surface area contributed by atoms with Crippen LogP contribution in [-0.2, 0) is 26.2 Å². The second-order valence-electron chi connectivity index (χ2n) is 9.06. The average molecular weight is 571 g/mol. The number of carbonyl (C=O) groups excluding carboxylic acids is 2. The summed E-state index contributed by atoms with van der Waals surface area (Å²) in [6.07, 6.45) is 3.77. The second kappa shape index (κ2) is 14.6. The summed E-state index contributed by atoms with van der Waals surface area (Å²) in [4.78, 5) is 28.0. The van der Waals surface area contributed by atoms with Gasteiger partial charge < -0.3 is 10.2 Å². The first-order valence-electron chi connectivity index (χ1n) is 12.5. The highest BCUT2D eigenvalue weighted by molar-refractivity contribution is 7.92. The normalized spacial score (nSPS) is 12.2. The van der Waals surface area contributed by atoms with E-state index in [0.29, 0.717) is 35.1 Å². The largest absolute Gasteiger partial charge is 0.354 e. The van der Waals surface area contributed by atoms with E-state index in [-0.39, 0.29) is 31.3 Å². The van der Waals surface area contributed by atoms with Crippen molar-refractivity contribution in [1.29, 1.82) is 0 Å². The van der Waals surface area contributed by atoms with Crippen LogP contribution >= 0.6 is 23.2 Å². The second-order valence-corrected chi connectivity index (χ2v) is 11.8. The third-order valence-corrected chi connectivity index (χ3v) is 8.01. The molecule has 0 aliphatic heterocycles. The molecule has 0 spiro atoms. The maximum absolute atomic E-state index is 13.5. The van der Waals surface area contributed by atoms with Gasteiger partial charge in [0.05, 0.1) is 22.0 Å². The van der Waals surface area contributed by atoms with Gasteiger partial charge in [0.2, 0.25) is 21.8 Å². The minimum absolute atomic E-state index is 0.0813. The lowest BCUT2D eigenvalue weighted by atomic mass is 10.1. The first-order valence-corrected chi connectivity index (χ1v) is 15.1. The molecule has 2 rings (SSSR count). The fourth-order valence-corrected chi connectivity index (χ4v) is 5.43. The predicted molar refractivity (Wildman–Crippen MR) is 152 cm³/mol. The Kier molecular flexibility index (Phi) is 12.2. The minimum atomic E-state index is -3.55. The van der Waals surface area contributed by atoms with E-state index >= 15 is 0 Å². The smallest absolute Gasteiger partial charge is 0.242 e. The Hall–Kier alpha value is -2.29. The molecule has 0 radical (unpaired) electrons. The van der Waals surface area contributed by atoms with Gasteiger partial charge >= 0.3 is 0 Å². The zero-order chi connectivity index (χ0) is 27.6. The Morgan fingerprint density at radius 1 is 1.03 bits per heavy atom. The van der Waals surface area contributed by atoms with Crippen LogP contribution in [0.3, 0.4) is 0 Å². The van der Waals surface area contributed by atoms with Gasteiger partial charge in [-0.1, -0.05) is 67.7 Å². The number of nitrogens with zero attached hydrogens (tertiary/aromatic N) is 2. The molecule has 1 atom stereocenters. The number of nitrogens with one attached hydrogen (secondary N) is 1. The van der Waals surface area contributed by atoms with Gasteiger partial charge in [0.25, 0.3) is 0 Å². The average Bonchev–Trinajstić information content (AvgIpc) is 2.84. The van der Waals surface area contributed by atoms with E-state index in [9.17, 15) is 18.0 Å². The molecule has 204 valence electrons. The summed E-state index contributed by atoms with van der Waals surface area (Å²) >= 11 is 12.2. The Labute approximate surface area is 231 Å². The van der Waals surface area contributed by atoms with Crippen LogP contribution in [0.5, 0.6) is 0 Å². The van der Waals surface area contributed by atoms with E-state index in [1.807, 2.05) is 32.9 Å². The molecule has 2 aromatic rings. The van der Waals surface area contributed by atoms with Gasteiger partial charge in [-0.25, -0.2) is 8.42 Å². The summed E-state index contributed by atoms with van der Waals surface area (Å²) in [5.41, 5.74) is 2.17. The van der Waals surface area contributed by atoms with Gasteiger partial charge in [0.1, 0.15) is 6.04 Å². The van der Waals surface area contributed by atoms with Crippen molar-refractivity contribution < 1.29 is 18.0 Å². The summed E-state index contributed by atoms with van der Waals surface area (Å²) in [6.45, 7) is 6.63. The van der Waals surface area contributed by atoms with Gasteiger partial charge in [-0.05, 0) is 55.5 Å². The summed E-state index contributed by atoms with van der Waals surface area (Å²) in [7, 11) is -3.55. The molecule has 0 aromatic heterocycles. The lowest BCUT2D eigenvalue weighted by molar-refractivity contribution is -0.141. The topological polar surface area (TPSA) is 86.8 Å². The number of unbranched alkanes of at least 4 members (excludes halogenated alkanes) is 1. The number of sulfonamides is 1. The Morgan fingerprint density at radius 2 is 1.73 bits per heavy atom. The van der Waals surface area contributed by atoms with Crippen LogP contribution in [0.1, 0.15) is 57.1 Å². The molecule has 37 heavy (non-hydrogen) atoms. The maximum Gasteiger partial charge on any atom is 0.242 e. The maximum atomic E-state index is 13.5. The van der Waals surface area contributed by atoms with E-state index in [0.717, 1.165) is 30.2 Å². The van der Waals surface area contributed by atoms with Crippen LogP contribution < -0.4 is 9.62 Å². The van der Waals surface area contributed by atoms with Crippen molar-refractivity contribution >= 4 is 50.7 Å². The van der Waals surface area contributed by atoms with Gasteiger partial charge in [0.15, 0.2) is 0 Å². The van der Waals surface area contributed by atoms with Crippen LogP contribution in [-0.4, -0.2) is 50.5 Å². The molecular weight excluding hydrogens is 533 g/mol. The summed E-state index contributed by atoms with van der Waals surface area (Å²) in [5, 5.41) is 3.71. The van der Waals surface area contributed by atoms with Crippen LogP contribution in [0.2, 0.25) is 10.0 Å². The van der Waals surface area contributed by atoms with Crippen LogP contribution in [0, 0.1) is 6.92 Å². The van der Waals surface area contributed by atoms with Crippen molar-refractivity contribution in [2.45, 2.75) is 65.5 Å². The summed E-state index contributed by atoms with van der Waals surface area (Å²) in [5.74, 6) is -0.441. The number of halogens is 2. The first kappa shape index (κ1) is 30.9. The molecule has 0 heterocycles. The van der Waals surface area contributed by atoms with E-state index in [1.165, 1.54) is 4.31 Å². The van der Waals surface area contributed by atoms with Crippen molar-refractivity contribution in [2.75, 3.05) is 23.7 Å². The highest BCUT2D eigenvalue weighted by atomic mass is 35.5. The van der Waals surface area contributed by atoms with Gasteiger partial charge in [-0.15, -0.1) is 0 Å². The number of amides is 2. The van der Waals surface area contributed by atoms with Crippen molar-refractivity contribution in [3.63, 3.8) is 0 Å². The molecule has 0 saturated carbocycles. The Bertz CT molecular complexity index is 1170. The molecule has 10 heteroatoms. The highest BCUT2D eigenvalue weighted by Crippen LogP contribution is 2.25. The highest BCUT2D eigenvalue weighted by Gasteiger charge is 2.29. The lowest BCUT2D eigenvalue weighted by Crippen LogP contribution is -2.49. The summed E-state index contributed by atoms with van der Waals surface area (Å²) in [6, 6.07) is 11.7. The van der Waals surface area contributed by atoms with Crippen LogP contribution in [0.4, 0.5) is 5.69 Å². The van der Waals surface area contributed by atoms with E-state index in [4.69, 9.17) is 23.2 Å². The molecule has 2 amide bonds. The quantitative estimate of drug-likeness (QED) is 0.301. The number of benzene rings is 2. The number of para-hydroxylation sites is 1. The monoisotopic (exact) mass is 569 g/mol.